The molecule has 9 rings (SSSR count). The summed E-state index contributed by atoms with van der Waals surface area (Å²) in [6.07, 6.45) is 4.63. The molecular formula is C41H28O2S2. The Morgan fingerprint density at radius 1 is 0.511 bits per heavy atom. The van der Waals surface area contributed by atoms with Crippen LogP contribution in [0, 0.1) is 13.8 Å². The van der Waals surface area contributed by atoms with E-state index in [0.717, 1.165) is 48.1 Å². The average molecular weight is 617 g/mol. The highest BCUT2D eigenvalue weighted by Gasteiger charge is 2.45. The van der Waals surface area contributed by atoms with Gasteiger partial charge < -0.3 is 9.47 Å². The van der Waals surface area contributed by atoms with Crippen molar-refractivity contribution in [3.05, 3.63) is 166 Å². The van der Waals surface area contributed by atoms with Crippen LogP contribution in [0.2, 0.25) is 0 Å². The van der Waals surface area contributed by atoms with E-state index < -0.39 is 5.41 Å². The van der Waals surface area contributed by atoms with Gasteiger partial charge in [-0.15, -0.1) is 0 Å². The molecule has 2 heterocycles. The number of hydrogen-bond acceptors (Lipinski definition) is 4. The molecule has 2 nitrogen and oxygen atoms in total. The first-order chi connectivity index (χ1) is 22.1. The molecule has 45 heavy (non-hydrogen) atoms. The number of fused-ring (bicyclic) bond motifs is 8. The van der Waals surface area contributed by atoms with Crippen molar-refractivity contribution >= 4 is 35.7 Å². The van der Waals surface area contributed by atoms with E-state index in [4.69, 9.17) is 9.47 Å². The highest BCUT2D eigenvalue weighted by molar-refractivity contribution is 8.00. The number of hydrogen-bond donors (Lipinski definition) is 0. The van der Waals surface area contributed by atoms with Crippen LogP contribution in [0.4, 0.5) is 0 Å². The molecule has 1 atom stereocenters. The molecule has 2 aliphatic heterocycles. The fraction of sp³-hybridized carbons (Fsp3) is 0.0732. The topological polar surface area (TPSA) is 18.5 Å². The Balaban J connectivity index is 1.41. The third-order valence-corrected chi connectivity index (χ3v) is 11.4. The third kappa shape index (κ3) is 3.99. The minimum absolute atomic E-state index is 0.604. The van der Waals surface area contributed by atoms with Gasteiger partial charge in [0.1, 0.15) is 23.0 Å². The number of rotatable bonds is 2. The lowest BCUT2D eigenvalue weighted by Crippen LogP contribution is -2.33. The molecule has 1 unspecified atom stereocenters. The summed E-state index contributed by atoms with van der Waals surface area (Å²) in [5, 5.41) is 0. The first kappa shape index (κ1) is 26.7. The van der Waals surface area contributed by atoms with Crippen LogP contribution in [0.15, 0.2) is 141 Å². The summed E-state index contributed by atoms with van der Waals surface area (Å²) in [7, 11) is 0. The van der Waals surface area contributed by atoms with E-state index in [1.165, 1.54) is 38.9 Å². The lowest BCUT2D eigenvalue weighted by Gasteiger charge is -2.40. The number of benzene rings is 6. The van der Waals surface area contributed by atoms with Gasteiger partial charge in [-0.2, -0.15) is 0 Å². The van der Waals surface area contributed by atoms with Gasteiger partial charge >= 0.3 is 0 Å². The summed E-state index contributed by atoms with van der Waals surface area (Å²) in [6, 6.07) is 43.6. The van der Waals surface area contributed by atoms with Gasteiger partial charge in [0.15, 0.2) is 0 Å². The molecule has 1 aliphatic carbocycles. The van der Waals surface area contributed by atoms with Gasteiger partial charge in [-0.25, -0.2) is 0 Å². The predicted molar refractivity (Wildman–Crippen MR) is 184 cm³/mol. The number of para-hydroxylation sites is 2. The van der Waals surface area contributed by atoms with Crippen molar-refractivity contribution in [2.75, 3.05) is 0 Å². The molecule has 0 fully saturated rings. The van der Waals surface area contributed by atoms with E-state index in [0.29, 0.717) is 0 Å². The van der Waals surface area contributed by atoms with Crippen LogP contribution in [0.1, 0.15) is 44.5 Å². The Morgan fingerprint density at radius 3 is 1.84 bits per heavy atom. The Kier molecular flexibility index (Phi) is 6.06. The predicted octanol–water partition coefficient (Wildman–Crippen LogP) is 11.7. The van der Waals surface area contributed by atoms with Crippen molar-refractivity contribution in [3.63, 3.8) is 0 Å². The molecule has 0 spiro atoms. The van der Waals surface area contributed by atoms with Gasteiger partial charge in [0, 0.05) is 0 Å². The summed E-state index contributed by atoms with van der Waals surface area (Å²) >= 11 is 3.60. The van der Waals surface area contributed by atoms with Gasteiger partial charge in [-0.05, 0) is 83.1 Å². The molecule has 0 saturated heterocycles. The fourth-order valence-electron chi connectivity index (χ4n) is 7.02. The van der Waals surface area contributed by atoms with E-state index in [1.807, 2.05) is 18.2 Å². The highest BCUT2D eigenvalue weighted by Crippen LogP contribution is 2.59. The van der Waals surface area contributed by atoms with Gasteiger partial charge in [-0.3, -0.25) is 0 Å². The van der Waals surface area contributed by atoms with Crippen molar-refractivity contribution < 1.29 is 9.47 Å². The largest absolute Gasteiger partial charge is 0.455 e. The smallest absolute Gasteiger partial charge is 0.144 e. The van der Waals surface area contributed by atoms with Crippen molar-refractivity contribution in [1.82, 2.24) is 0 Å². The first-order valence-electron chi connectivity index (χ1n) is 15.2. The molecule has 0 saturated carbocycles. The summed E-state index contributed by atoms with van der Waals surface area (Å²) in [5.74, 6) is 3.64. The van der Waals surface area contributed by atoms with Crippen LogP contribution in [-0.4, -0.2) is 0 Å². The van der Waals surface area contributed by atoms with Crippen LogP contribution in [0.25, 0.3) is 12.2 Å². The van der Waals surface area contributed by atoms with Gasteiger partial charge in [0.05, 0.1) is 25.0 Å². The van der Waals surface area contributed by atoms with E-state index in [9.17, 15) is 0 Å². The molecule has 0 aromatic heterocycles. The monoisotopic (exact) mass is 616 g/mol. The van der Waals surface area contributed by atoms with Crippen LogP contribution in [-0.2, 0) is 5.41 Å². The second-order valence-corrected chi connectivity index (χ2v) is 13.9. The second-order valence-electron chi connectivity index (χ2n) is 11.8. The van der Waals surface area contributed by atoms with Gasteiger partial charge in [0.2, 0.25) is 0 Å². The van der Waals surface area contributed by atoms with Gasteiger partial charge in [-0.1, -0.05) is 132 Å². The van der Waals surface area contributed by atoms with Crippen LogP contribution >= 0.6 is 23.5 Å². The van der Waals surface area contributed by atoms with E-state index in [-0.39, 0.29) is 0 Å². The van der Waals surface area contributed by atoms with Crippen LogP contribution < -0.4 is 9.47 Å². The van der Waals surface area contributed by atoms with Crippen LogP contribution in [0.3, 0.4) is 0 Å². The summed E-state index contributed by atoms with van der Waals surface area (Å²) in [5.41, 5.74) is 9.07. The molecule has 216 valence electrons. The molecule has 4 heteroatoms. The first-order valence-corrected chi connectivity index (χ1v) is 16.8. The molecule has 0 N–H and O–H groups in total. The Labute approximate surface area is 271 Å². The molecule has 3 aliphatic rings. The van der Waals surface area contributed by atoms with E-state index in [2.05, 4.69) is 129 Å². The van der Waals surface area contributed by atoms with E-state index in [1.54, 1.807) is 23.5 Å². The average Bonchev–Trinajstić information content (AvgIpc) is 3.23. The SMILES string of the molecule is Cc1ccc(C2(c3ccccc3)c3ccc4c(c3C=Cc3c2cc(C)c2c3Sc3ccccc3O2)Sc2ccccc2O4)cc1. The quantitative estimate of drug-likeness (QED) is 0.192. The molecule has 6 aromatic rings. The minimum Gasteiger partial charge on any atom is -0.455 e. The summed E-state index contributed by atoms with van der Waals surface area (Å²) in [6.45, 7) is 4.34. The summed E-state index contributed by atoms with van der Waals surface area (Å²) < 4.78 is 13.2. The molecule has 0 radical (unpaired) electrons. The summed E-state index contributed by atoms with van der Waals surface area (Å²) in [4.78, 5) is 4.56. The van der Waals surface area contributed by atoms with Crippen LogP contribution in [0.5, 0.6) is 23.0 Å². The third-order valence-electron chi connectivity index (χ3n) is 9.09. The molecular weight excluding hydrogens is 589 g/mol. The fourth-order valence-corrected chi connectivity index (χ4v) is 9.26. The zero-order valence-electron chi connectivity index (χ0n) is 24.8. The lowest BCUT2D eigenvalue weighted by molar-refractivity contribution is 0.449. The van der Waals surface area contributed by atoms with Crippen molar-refractivity contribution in [2.24, 2.45) is 0 Å². The molecule has 6 aromatic carbocycles. The number of ether oxygens (including phenoxy) is 2. The Bertz CT molecular complexity index is 2180. The molecule has 0 amide bonds. The zero-order valence-corrected chi connectivity index (χ0v) is 26.5. The van der Waals surface area contributed by atoms with Crippen molar-refractivity contribution in [3.8, 4) is 23.0 Å². The maximum atomic E-state index is 6.64. The lowest BCUT2D eigenvalue weighted by atomic mass is 9.63. The minimum atomic E-state index is -0.604. The highest BCUT2D eigenvalue weighted by atomic mass is 32.2. The standard InChI is InChI=1S/C41H28O2S2/c1-25-16-18-28(19-17-25)41(27-10-4-3-5-11-27)31-22-23-35-39(44-36-14-8-6-12-33(36)42-35)29(31)20-21-30-32(41)24-26(2)38-40(30)45-37-15-9-7-13-34(37)43-38/h3-24H,1-2H3. The maximum Gasteiger partial charge on any atom is 0.144 e. The molecule has 0 bridgehead atoms. The van der Waals surface area contributed by atoms with Crippen molar-refractivity contribution in [1.29, 1.82) is 0 Å². The van der Waals surface area contributed by atoms with E-state index >= 15 is 0 Å². The second kappa shape index (κ2) is 10.2. The van der Waals surface area contributed by atoms with Crippen molar-refractivity contribution in [2.45, 2.75) is 38.8 Å². The zero-order chi connectivity index (χ0) is 30.1. The maximum absolute atomic E-state index is 6.64. The van der Waals surface area contributed by atoms with Gasteiger partial charge in [0.25, 0.3) is 0 Å². The Morgan fingerprint density at radius 2 is 1.11 bits per heavy atom. The Hall–Kier alpha value is -4.64. The normalized spacial score (nSPS) is 16.8. The number of aryl methyl sites for hydroxylation is 2.